The highest BCUT2D eigenvalue weighted by molar-refractivity contribution is 7.92. The van der Waals surface area contributed by atoms with E-state index in [1.165, 1.54) is 23.3 Å². The average Bonchev–Trinajstić information content (AvgIpc) is 2.62. The number of nitrogens with one attached hydrogen (secondary N) is 3. The lowest BCUT2D eigenvalue weighted by Crippen LogP contribution is -2.29. The molecule has 2 aromatic carbocycles. The van der Waals surface area contributed by atoms with Crippen LogP contribution in [0.15, 0.2) is 44.8 Å². The smallest absolute Gasteiger partial charge is 0.314 e. The van der Waals surface area contributed by atoms with E-state index in [2.05, 4.69) is 14.7 Å². The normalized spacial score (nSPS) is 14.1. The van der Waals surface area contributed by atoms with Gasteiger partial charge in [0.2, 0.25) is 0 Å². The summed E-state index contributed by atoms with van der Waals surface area (Å²) < 4.78 is 28.4. The number of rotatable bonds is 3. The Morgan fingerprint density at radius 2 is 1.52 bits per heavy atom. The Bertz CT molecular complexity index is 1270. The summed E-state index contributed by atoms with van der Waals surface area (Å²) in [6.45, 7) is 1.64. The zero-order valence-corrected chi connectivity index (χ0v) is 15.6. The fourth-order valence-electron chi connectivity index (χ4n) is 3.55. The summed E-state index contributed by atoms with van der Waals surface area (Å²) in [6.07, 6.45) is 4.25. The first-order valence-corrected chi connectivity index (χ1v) is 10.2. The molecule has 1 aliphatic rings. The van der Waals surface area contributed by atoms with E-state index in [1.807, 2.05) is 12.1 Å². The summed E-state index contributed by atoms with van der Waals surface area (Å²) in [5, 5.41) is 0. The molecular formula is C19H19N3O4S. The lowest BCUT2D eigenvalue weighted by Gasteiger charge is -2.17. The highest BCUT2D eigenvalue weighted by Crippen LogP contribution is 2.27. The van der Waals surface area contributed by atoms with Crippen LogP contribution in [0.3, 0.4) is 0 Å². The van der Waals surface area contributed by atoms with Gasteiger partial charge in [0.1, 0.15) is 0 Å². The number of fused-ring (bicyclic) bond motifs is 2. The Morgan fingerprint density at radius 1 is 0.889 bits per heavy atom. The van der Waals surface area contributed by atoms with E-state index in [9.17, 15) is 18.0 Å². The standard InChI is InChI=1S/C19H19N3O4S/c1-11-8-15-16(21-19(24)18(23)20-15)10-17(11)27(25,26)22-14-7-6-12-4-2-3-5-13(12)9-14/h6-10,22H,2-5H2,1H3,(H,20,23)(H,21,24). The van der Waals surface area contributed by atoms with Crippen LogP contribution in [0.1, 0.15) is 29.5 Å². The topological polar surface area (TPSA) is 112 Å². The minimum Gasteiger partial charge on any atom is -0.316 e. The minimum absolute atomic E-state index is 0.0513. The molecule has 7 nitrogen and oxygen atoms in total. The third-order valence-corrected chi connectivity index (χ3v) is 6.43. The van der Waals surface area contributed by atoms with Crippen molar-refractivity contribution in [1.82, 2.24) is 9.97 Å². The molecule has 0 spiro atoms. The van der Waals surface area contributed by atoms with E-state index in [0.717, 1.165) is 25.7 Å². The van der Waals surface area contributed by atoms with Gasteiger partial charge in [0.25, 0.3) is 10.0 Å². The lowest BCUT2D eigenvalue weighted by molar-refractivity contribution is 0.600. The van der Waals surface area contributed by atoms with Gasteiger partial charge in [-0.2, -0.15) is 0 Å². The van der Waals surface area contributed by atoms with Crippen LogP contribution in [0.25, 0.3) is 11.0 Å². The Hall–Kier alpha value is -2.87. The fraction of sp³-hybridized carbons (Fsp3) is 0.263. The maximum Gasteiger partial charge on any atom is 0.314 e. The summed E-state index contributed by atoms with van der Waals surface area (Å²) >= 11 is 0. The number of aromatic amines is 2. The highest BCUT2D eigenvalue weighted by atomic mass is 32.2. The molecule has 0 amide bonds. The van der Waals surface area contributed by atoms with Crippen LogP contribution in [-0.4, -0.2) is 18.4 Å². The number of aryl methyl sites for hydroxylation is 3. The zero-order valence-electron chi connectivity index (χ0n) is 14.8. The van der Waals surface area contributed by atoms with Gasteiger partial charge in [-0.15, -0.1) is 0 Å². The van der Waals surface area contributed by atoms with Crippen LogP contribution >= 0.6 is 0 Å². The molecule has 4 rings (SSSR count). The van der Waals surface area contributed by atoms with Gasteiger partial charge in [0.05, 0.1) is 15.9 Å². The van der Waals surface area contributed by atoms with Crippen LogP contribution in [-0.2, 0) is 22.9 Å². The Kier molecular flexibility index (Phi) is 4.15. The van der Waals surface area contributed by atoms with Gasteiger partial charge in [-0.25, -0.2) is 8.42 Å². The molecular weight excluding hydrogens is 366 g/mol. The molecule has 0 saturated heterocycles. The van der Waals surface area contributed by atoms with Crippen molar-refractivity contribution >= 4 is 26.7 Å². The number of hydrogen-bond donors (Lipinski definition) is 3. The van der Waals surface area contributed by atoms with E-state index in [0.29, 0.717) is 16.8 Å². The van der Waals surface area contributed by atoms with Crippen LogP contribution in [0.2, 0.25) is 0 Å². The second-order valence-electron chi connectivity index (χ2n) is 6.87. The van der Waals surface area contributed by atoms with Gasteiger partial charge >= 0.3 is 11.1 Å². The minimum atomic E-state index is -3.85. The first-order chi connectivity index (χ1) is 12.8. The number of aromatic nitrogens is 2. The van der Waals surface area contributed by atoms with Crippen molar-refractivity contribution in [2.45, 2.75) is 37.5 Å². The number of H-pyrrole nitrogens is 2. The van der Waals surface area contributed by atoms with Gasteiger partial charge in [0.15, 0.2) is 0 Å². The molecule has 140 valence electrons. The number of hydrogen-bond acceptors (Lipinski definition) is 4. The average molecular weight is 385 g/mol. The van der Waals surface area contributed by atoms with Gasteiger partial charge in [-0.3, -0.25) is 14.3 Å². The second-order valence-corrected chi connectivity index (χ2v) is 8.52. The molecule has 0 unspecified atom stereocenters. The first kappa shape index (κ1) is 17.5. The van der Waals surface area contributed by atoms with Crippen molar-refractivity contribution in [3.63, 3.8) is 0 Å². The highest BCUT2D eigenvalue weighted by Gasteiger charge is 2.19. The molecule has 0 aliphatic heterocycles. The predicted molar refractivity (Wildman–Crippen MR) is 104 cm³/mol. The zero-order chi connectivity index (χ0) is 19.2. The van der Waals surface area contributed by atoms with Crippen LogP contribution < -0.4 is 15.8 Å². The fourth-order valence-corrected chi connectivity index (χ4v) is 4.85. The molecule has 27 heavy (non-hydrogen) atoms. The van der Waals surface area contributed by atoms with Crippen molar-refractivity contribution < 1.29 is 8.42 Å². The molecule has 3 aromatic rings. The van der Waals surface area contributed by atoms with E-state index in [-0.39, 0.29) is 10.4 Å². The monoisotopic (exact) mass is 385 g/mol. The second kappa shape index (κ2) is 6.38. The quantitative estimate of drug-likeness (QED) is 0.600. The summed E-state index contributed by atoms with van der Waals surface area (Å²) in [6, 6.07) is 8.54. The summed E-state index contributed by atoms with van der Waals surface area (Å²) in [7, 11) is -3.85. The van der Waals surface area contributed by atoms with Crippen molar-refractivity contribution in [3.8, 4) is 0 Å². The molecule has 3 N–H and O–H groups in total. The summed E-state index contributed by atoms with van der Waals surface area (Å²) in [4.78, 5) is 27.9. The Morgan fingerprint density at radius 3 is 2.22 bits per heavy atom. The van der Waals surface area contributed by atoms with Crippen LogP contribution in [0.4, 0.5) is 5.69 Å². The van der Waals surface area contributed by atoms with Crippen LogP contribution in [0, 0.1) is 6.92 Å². The molecule has 0 bridgehead atoms. The van der Waals surface area contributed by atoms with Crippen molar-refractivity contribution in [2.24, 2.45) is 0 Å². The molecule has 0 radical (unpaired) electrons. The molecule has 0 atom stereocenters. The van der Waals surface area contributed by atoms with Crippen LogP contribution in [0.5, 0.6) is 0 Å². The van der Waals surface area contributed by atoms with E-state index < -0.39 is 21.1 Å². The van der Waals surface area contributed by atoms with Gasteiger partial charge in [-0.1, -0.05) is 6.07 Å². The van der Waals surface area contributed by atoms with E-state index in [4.69, 9.17) is 0 Å². The van der Waals surface area contributed by atoms with Gasteiger partial charge in [-0.05, 0) is 73.6 Å². The van der Waals surface area contributed by atoms with E-state index in [1.54, 1.807) is 13.0 Å². The van der Waals surface area contributed by atoms with Gasteiger partial charge < -0.3 is 9.97 Å². The maximum atomic E-state index is 12.9. The molecule has 0 fully saturated rings. The largest absolute Gasteiger partial charge is 0.316 e. The summed E-state index contributed by atoms with van der Waals surface area (Å²) in [5.41, 5.74) is 2.48. The molecule has 1 aliphatic carbocycles. The van der Waals surface area contributed by atoms with Crippen molar-refractivity contribution in [1.29, 1.82) is 0 Å². The maximum absolute atomic E-state index is 12.9. The number of sulfonamides is 1. The molecule has 8 heteroatoms. The Balaban J connectivity index is 1.75. The Labute approximate surface area is 155 Å². The van der Waals surface area contributed by atoms with E-state index >= 15 is 0 Å². The molecule has 1 heterocycles. The summed E-state index contributed by atoms with van der Waals surface area (Å²) in [5.74, 6) is 0. The first-order valence-electron chi connectivity index (χ1n) is 8.75. The predicted octanol–water partition coefficient (Wildman–Crippen LogP) is 2.20. The number of anilines is 1. The number of benzene rings is 2. The van der Waals surface area contributed by atoms with Crippen molar-refractivity contribution in [3.05, 3.63) is 67.7 Å². The third-order valence-electron chi connectivity index (χ3n) is 4.91. The van der Waals surface area contributed by atoms with Crippen molar-refractivity contribution in [2.75, 3.05) is 4.72 Å². The van der Waals surface area contributed by atoms with Gasteiger partial charge in [0, 0.05) is 5.69 Å². The SMILES string of the molecule is Cc1cc2[nH]c(=O)c(=O)[nH]c2cc1S(=O)(=O)Nc1ccc2c(c1)CCCC2. The lowest BCUT2D eigenvalue weighted by atomic mass is 9.91. The third kappa shape index (κ3) is 3.28. The molecule has 0 saturated carbocycles. The molecule has 1 aromatic heterocycles.